The van der Waals surface area contributed by atoms with Crippen LogP contribution in [0.2, 0.25) is 0 Å². The number of nitro groups is 1. The molecule has 0 atom stereocenters. The van der Waals surface area contributed by atoms with E-state index in [4.69, 9.17) is 4.99 Å². The summed E-state index contributed by atoms with van der Waals surface area (Å²) in [7, 11) is 0. The molecule has 4 rings (SSSR count). The van der Waals surface area contributed by atoms with Crippen molar-refractivity contribution in [2.45, 2.75) is 6.42 Å². The molecule has 4 aromatic rings. The molecule has 0 spiro atoms. The van der Waals surface area contributed by atoms with Crippen LogP contribution < -0.4 is 4.80 Å². The summed E-state index contributed by atoms with van der Waals surface area (Å²) in [6.45, 7) is 0.622. The Kier molecular flexibility index (Phi) is 5.95. The van der Waals surface area contributed by atoms with Gasteiger partial charge in [0.15, 0.2) is 0 Å². The van der Waals surface area contributed by atoms with Gasteiger partial charge in [-0.1, -0.05) is 42.5 Å². The Hall–Kier alpha value is -3.78. The molecule has 0 saturated carbocycles. The van der Waals surface area contributed by atoms with Crippen molar-refractivity contribution in [3.63, 3.8) is 0 Å². The molecular weight excluding hydrogens is 398 g/mol. The first-order valence-electron chi connectivity index (χ1n) is 9.38. The maximum atomic E-state index is 11.2. The summed E-state index contributed by atoms with van der Waals surface area (Å²) in [6, 6.07) is 20.5. The number of hydrogen-bond donors (Lipinski definition) is 1. The first-order chi connectivity index (χ1) is 14.7. The lowest BCUT2D eigenvalue weighted by Crippen LogP contribution is -2.13. The van der Waals surface area contributed by atoms with Crippen LogP contribution in [-0.2, 0) is 6.42 Å². The molecule has 2 heterocycles. The van der Waals surface area contributed by atoms with Crippen LogP contribution in [0.15, 0.2) is 88.4 Å². The molecule has 0 saturated heterocycles. The molecule has 30 heavy (non-hydrogen) atoms. The summed E-state index contributed by atoms with van der Waals surface area (Å²) in [5.74, 6) is 0. The van der Waals surface area contributed by atoms with Gasteiger partial charge in [0.25, 0.3) is 5.69 Å². The number of benzene rings is 2. The smallest absolute Gasteiger partial charge is 0.270 e. The van der Waals surface area contributed by atoms with Gasteiger partial charge in [0.05, 0.1) is 22.5 Å². The first-order valence-corrected chi connectivity index (χ1v) is 10.3. The number of hydrogen-bond acceptors (Lipinski definition) is 5. The Balaban J connectivity index is 1.70. The number of non-ortho nitro benzene ring substituents is 1. The molecule has 1 N–H and O–H groups in total. The molecule has 0 fully saturated rings. The quantitative estimate of drug-likeness (QED) is 0.273. The van der Waals surface area contributed by atoms with Crippen LogP contribution in [0, 0.1) is 10.1 Å². The van der Waals surface area contributed by atoms with Gasteiger partial charge in [-0.15, -0.1) is 11.3 Å². The predicted molar refractivity (Wildman–Crippen MR) is 119 cm³/mol. The van der Waals surface area contributed by atoms with Crippen LogP contribution in [0.4, 0.5) is 5.69 Å². The highest BCUT2D eigenvalue weighted by Crippen LogP contribution is 2.24. The summed E-state index contributed by atoms with van der Waals surface area (Å²) < 4.78 is 1.73. The van der Waals surface area contributed by atoms with E-state index < -0.39 is 4.92 Å². The van der Waals surface area contributed by atoms with Crippen molar-refractivity contribution < 1.29 is 4.92 Å². The molecule has 150 valence electrons. The molecule has 0 unspecified atom stereocenters. The van der Waals surface area contributed by atoms with E-state index in [1.54, 1.807) is 23.0 Å². The molecule has 0 aliphatic heterocycles. The van der Waals surface area contributed by atoms with Crippen LogP contribution in [0.1, 0.15) is 11.3 Å². The minimum absolute atomic E-state index is 0.0427. The number of H-pyrrole nitrogens is 1. The summed E-state index contributed by atoms with van der Waals surface area (Å²) in [6.07, 6.45) is 4.36. The average molecular weight is 417 g/mol. The number of thiazole rings is 1. The summed E-state index contributed by atoms with van der Waals surface area (Å²) in [5, 5.41) is 17.7. The van der Waals surface area contributed by atoms with E-state index in [-0.39, 0.29) is 5.69 Å². The Morgan fingerprint density at radius 3 is 2.73 bits per heavy atom. The van der Waals surface area contributed by atoms with E-state index in [0.29, 0.717) is 12.1 Å². The van der Waals surface area contributed by atoms with Crippen LogP contribution in [0.5, 0.6) is 0 Å². The minimum atomic E-state index is -0.395. The van der Waals surface area contributed by atoms with Gasteiger partial charge in [-0.3, -0.25) is 15.1 Å². The zero-order valence-corrected chi connectivity index (χ0v) is 16.8. The summed E-state index contributed by atoms with van der Waals surface area (Å²) in [4.78, 5) is 19.3. The standard InChI is InChI=1S/C22H19N5O2S/c28-27(29)20-10-4-8-18(14-20)21-16-30-22(24-13-11-17-6-2-1-3-7-17)26(21)25-15-19-9-5-12-23-19/h1-10,12,14-16,23H,11,13H2. The molecule has 0 radical (unpaired) electrons. The zero-order valence-electron chi connectivity index (χ0n) is 16.0. The van der Waals surface area contributed by atoms with Gasteiger partial charge in [0.2, 0.25) is 4.80 Å². The summed E-state index contributed by atoms with van der Waals surface area (Å²) >= 11 is 1.46. The van der Waals surface area contributed by atoms with Crippen LogP contribution in [-0.4, -0.2) is 27.3 Å². The van der Waals surface area contributed by atoms with Crippen molar-refractivity contribution in [1.82, 2.24) is 9.66 Å². The normalized spacial score (nSPS) is 11.9. The maximum Gasteiger partial charge on any atom is 0.270 e. The van der Waals surface area contributed by atoms with Crippen molar-refractivity contribution in [1.29, 1.82) is 0 Å². The van der Waals surface area contributed by atoms with Crippen molar-refractivity contribution in [3.8, 4) is 11.3 Å². The second-order valence-electron chi connectivity index (χ2n) is 6.51. The van der Waals surface area contributed by atoms with Crippen molar-refractivity contribution in [2.24, 2.45) is 10.1 Å². The minimum Gasteiger partial charge on any atom is -0.360 e. The third-order valence-electron chi connectivity index (χ3n) is 4.46. The molecule has 0 amide bonds. The average Bonchev–Trinajstić information content (AvgIpc) is 3.43. The fraction of sp³-hybridized carbons (Fsp3) is 0.0909. The highest BCUT2D eigenvalue weighted by Gasteiger charge is 2.12. The fourth-order valence-electron chi connectivity index (χ4n) is 2.97. The number of aromatic amines is 1. The Morgan fingerprint density at radius 2 is 1.97 bits per heavy atom. The molecule has 2 aromatic carbocycles. The lowest BCUT2D eigenvalue weighted by Gasteiger charge is -2.04. The predicted octanol–water partition coefficient (Wildman–Crippen LogP) is 4.48. The topological polar surface area (TPSA) is 88.6 Å². The number of nitrogens with zero attached hydrogens (tertiary/aromatic N) is 4. The van der Waals surface area contributed by atoms with E-state index in [2.05, 4.69) is 22.2 Å². The fourth-order valence-corrected chi connectivity index (χ4v) is 3.83. The van der Waals surface area contributed by atoms with Gasteiger partial charge < -0.3 is 4.98 Å². The third kappa shape index (κ3) is 4.61. The SMILES string of the molecule is O=[N+]([O-])c1cccc(-c2csc(=NCCc3ccccc3)n2N=Cc2ccc[nH]2)c1. The highest BCUT2D eigenvalue weighted by molar-refractivity contribution is 7.07. The van der Waals surface area contributed by atoms with Crippen LogP contribution >= 0.6 is 11.3 Å². The molecule has 0 bridgehead atoms. The molecule has 0 aliphatic rings. The first kappa shape index (κ1) is 19.5. The zero-order chi connectivity index (χ0) is 20.8. The molecule has 0 aliphatic carbocycles. The summed E-state index contributed by atoms with van der Waals surface area (Å²) in [5.41, 5.74) is 3.59. The number of nitro benzene ring substituents is 1. The van der Waals surface area contributed by atoms with Crippen LogP contribution in [0.25, 0.3) is 11.3 Å². The van der Waals surface area contributed by atoms with Gasteiger partial charge in [0, 0.05) is 35.8 Å². The Morgan fingerprint density at radius 1 is 1.10 bits per heavy atom. The second kappa shape index (κ2) is 9.15. The Bertz CT molecular complexity index is 1220. The van der Waals surface area contributed by atoms with E-state index >= 15 is 0 Å². The lowest BCUT2D eigenvalue weighted by molar-refractivity contribution is -0.384. The van der Waals surface area contributed by atoms with Crippen molar-refractivity contribution in [3.05, 3.63) is 104 Å². The Labute approximate surface area is 176 Å². The number of rotatable bonds is 7. The van der Waals surface area contributed by atoms with Crippen molar-refractivity contribution in [2.75, 3.05) is 6.54 Å². The molecule has 8 heteroatoms. The van der Waals surface area contributed by atoms with Crippen LogP contribution in [0.3, 0.4) is 0 Å². The van der Waals surface area contributed by atoms with Gasteiger partial charge in [-0.05, 0) is 24.1 Å². The third-order valence-corrected chi connectivity index (χ3v) is 5.32. The van der Waals surface area contributed by atoms with E-state index in [1.165, 1.54) is 23.0 Å². The van der Waals surface area contributed by atoms with E-state index in [1.807, 2.05) is 48.0 Å². The van der Waals surface area contributed by atoms with E-state index in [9.17, 15) is 10.1 Å². The largest absolute Gasteiger partial charge is 0.360 e. The number of nitrogens with one attached hydrogen (secondary N) is 1. The van der Waals surface area contributed by atoms with Gasteiger partial charge in [-0.25, -0.2) is 4.68 Å². The molecule has 2 aromatic heterocycles. The second-order valence-corrected chi connectivity index (χ2v) is 7.35. The van der Waals surface area contributed by atoms with Gasteiger partial charge in [0.1, 0.15) is 0 Å². The maximum absolute atomic E-state index is 11.2. The lowest BCUT2D eigenvalue weighted by atomic mass is 10.1. The number of aromatic nitrogens is 2. The van der Waals surface area contributed by atoms with Crippen molar-refractivity contribution >= 4 is 23.2 Å². The highest BCUT2D eigenvalue weighted by atomic mass is 32.1. The molecular formula is C22H19N5O2S. The van der Waals surface area contributed by atoms with Gasteiger partial charge in [-0.2, -0.15) is 5.10 Å². The van der Waals surface area contributed by atoms with E-state index in [0.717, 1.165) is 22.6 Å². The van der Waals surface area contributed by atoms with Gasteiger partial charge >= 0.3 is 0 Å². The monoisotopic (exact) mass is 417 g/mol. The molecule has 7 nitrogen and oxygen atoms in total.